The van der Waals surface area contributed by atoms with Crippen molar-refractivity contribution in [1.82, 2.24) is 0 Å². The van der Waals surface area contributed by atoms with Crippen molar-refractivity contribution in [3.8, 4) is 0 Å². The molecule has 0 aromatic carbocycles. The zero-order chi connectivity index (χ0) is 15.8. The summed E-state index contributed by atoms with van der Waals surface area (Å²) < 4.78 is 0. The van der Waals surface area contributed by atoms with Gasteiger partial charge in [0.1, 0.15) is 0 Å². The number of unbranched alkanes of at least 4 members (excludes halogenated alkanes) is 8. The van der Waals surface area contributed by atoms with Crippen LogP contribution in [0.5, 0.6) is 0 Å². The van der Waals surface area contributed by atoms with Gasteiger partial charge >= 0.3 is 0 Å². The second-order valence-corrected chi connectivity index (χ2v) is 6.91. The maximum absolute atomic E-state index is 2.47. The standard InChI is InChI=1S/C21H42/c1-5-8-10-12-13-14-15-17-19-21(20(4)7-3)18-16-11-9-6-2/h5,8,20-21H,6-7,9-19H2,1-4H3/b8-5+. The molecule has 0 spiro atoms. The molecule has 0 radical (unpaired) electrons. The summed E-state index contributed by atoms with van der Waals surface area (Å²) in [4.78, 5) is 0. The smallest absolute Gasteiger partial charge is 0.0351 e. The lowest BCUT2D eigenvalue weighted by Crippen LogP contribution is -2.11. The molecule has 21 heavy (non-hydrogen) atoms. The number of allylic oxidation sites excluding steroid dienone is 2. The number of rotatable bonds is 15. The van der Waals surface area contributed by atoms with E-state index in [0.29, 0.717) is 0 Å². The van der Waals surface area contributed by atoms with Gasteiger partial charge in [0.15, 0.2) is 0 Å². The average molecular weight is 295 g/mol. The highest BCUT2D eigenvalue weighted by molar-refractivity contribution is 4.76. The Morgan fingerprint density at radius 3 is 1.90 bits per heavy atom. The van der Waals surface area contributed by atoms with E-state index in [2.05, 4.69) is 39.8 Å². The van der Waals surface area contributed by atoms with E-state index >= 15 is 0 Å². The number of hydrogen-bond donors (Lipinski definition) is 0. The molecule has 0 aliphatic heterocycles. The highest BCUT2D eigenvalue weighted by Gasteiger charge is 2.14. The molecule has 126 valence electrons. The normalized spacial score (nSPS) is 14.7. The van der Waals surface area contributed by atoms with E-state index in [1.54, 1.807) is 0 Å². The molecule has 0 N–H and O–H groups in total. The fourth-order valence-corrected chi connectivity index (χ4v) is 3.25. The van der Waals surface area contributed by atoms with Crippen molar-refractivity contribution in [2.24, 2.45) is 11.8 Å². The Bertz CT molecular complexity index is 216. The average Bonchev–Trinajstić information content (AvgIpc) is 2.51. The SMILES string of the molecule is C/C=C/CCCCCCCC(CCCCCC)C(C)CC. The number of hydrogen-bond acceptors (Lipinski definition) is 0. The van der Waals surface area contributed by atoms with Crippen molar-refractivity contribution < 1.29 is 0 Å². The molecule has 0 amide bonds. The van der Waals surface area contributed by atoms with E-state index in [1.807, 2.05) is 0 Å². The molecule has 0 nitrogen and oxygen atoms in total. The van der Waals surface area contributed by atoms with Gasteiger partial charge in [-0.05, 0) is 31.6 Å². The summed E-state index contributed by atoms with van der Waals surface area (Å²) in [6, 6.07) is 0. The summed E-state index contributed by atoms with van der Waals surface area (Å²) in [5.41, 5.74) is 0. The first-order chi connectivity index (χ1) is 10.3. The molecular formula is C21H42. The quantitative estimate of drug-likeness (QED) is 0.212. The van der Waals surface area contributed by atoms with Crippen LogP contribution in [0.15, 0.2) is 12.2 Å². The molecule has 0 aliphatic rings. The van der Waals surface area contributed by atoms with Crippen molar-refractivity contribution in [2.45, 2.75) is 111 Å². The predicted octanol–water partition coefficient (Wildman–Crippen LogP) is 7.93. The summed E-state index contributed by atoms with van der Waals surface area (Å²) >= 11 is 0. The highest BCUT2D eigenvalue weighted by Crippen LogP contribution is 2.27. The Labute approximate surface area is 135 Å². The molecular weight excluding hydrogens is 252 g/mol. The van der Waals surface area contributed by atoms with Crippen LogP contribution in [-0.2, 0) is 0 Å². The molecule has 0 rings (SSSR count). The van der Waals surface area contributed by atoms with Gasteiger partial charge in [-0.2, -0.15) is 0 Å². The van der Waals surface area contributed by atoms with Crippen LogP contribution in [0.2, 0.25) is 0 Å². The molecule has 0 bridgehead atoms. The fourth-order valence-electron chi connectivity index (χ4n) is 3.25. The first-order valence-corrected chi connectivity index (χ1v) is 9.87. The van der Waals surface area contributed by atoms with E-state index in [-0.39, 0.29) is 0 Å². The zero-order valence-electron chi connectivity index (χ0n) is 15.5. The molecule has 0 aliphatic carbocycles. The highest BCUT2D eigenvalue weighted by atomic mass is 14.2. The van der Waals surface area contributed by atoms with Crippen molar-refractivity contribution in [2.75, 3.05) is 0 Å². The molecule has 0 fully saturated rings. The van der Waals surface area contributed by atoms with Crippen molar-refractivity contribution in [3.05, 3.63) is 12.2 Å². The lowest BCUT2D eigenvalue weighted by atomic mass is 9.83. The van der Waals surface area contributed by atoms with Gasteiger partial charge in [0.2, 0.25) is 0 Å². The lowest BCUT2D eigenvalue weighted by molar-refractivity contribution is 0.288. The fraction of sp³-hybridized carbons (Fsp3) is 0.905. The molecule has 0 heterocycles. The van der Waals surface area contributed by atoms with E-state index in [4.69, 9.17) is 0 Å². The Kier molecular flexibility index (Phi) is 15.9. The maximum atomic E-state index is 2.47. The molecule has 0 saturated carbocycles. The van der Waals surface area contributed by atoms with Crippen molar-refractivity contribution in [3.63, 3.8) is 0 Å². The molecule has 0 aromatic heterocycles. The van der Waals surface area contributed by atoms with Crippen LogP contribution in [-0.4, -0.2) is 0 Å². The van der Waals surface area contributed by atoms with E-state index in [1.165, 1.54) is 83.5 Å². The van der Waals surface area contributed by atoms with Crippen molar-refractivity contribution in [1.29, 1.82) is 0 Å². The van der Waals surface area contributed by atoms with Gasteiger partial charge in [0.25, 0.3) is 0 Å². The summed E-state index contributed by atoms with van der Waals surface area (Å²) in [6.07, 6.45) is 23.0. The van der Waals surface area contributed by atoms with Gasteiger partial charge in [-0.3, -0.25) is 0 Å². The Morgan fingerprint density at radius 1 is 0.762 bits per heavy atom. The second kappa shape index (κ2) is 16.1. The summed E-state index contributed by atoms with van der Waals surface area (Å²) in [6.45, 7) is 9.27. The predicted molar refractivity (Wildman–Crippen MR) is 98.8 cm³/mol. The largest absolute Gasteiger partial charge is 0.0917 e. The van der Waals surface area contributed by atoms with Gasteiger partial charge in [-0.1, -0.05) is 104 Å². The van der Waals surface area contributed by atoms with Crippen LogP contribution in [0.3, 0.4) is 0 Å². The first-order valence-electron chi connectivity index (χ1n) is 9.87. The molecule has 2 atom stereocenters. The molecule has 0 saturated heterocycles. The van der Waals surface area contributed by atoms with Crippen LogP contribution in [0.1, 0.15) is 111 Å². The third kappa shape index (κ3) is 13.1. The summed E-state index contributed by atoms with van der Waals surface area (Å²) in [5.74, 6) is 1.93. The second-order valence-electron chi connectivity index (χ2n) is 6.91. The van der Waals surface area contributed by atoms with Gasteiger partial charge in [0.05, 0.1) is 0 Å². The summed E-state index contributed by atoms with van der Waals surface area (Å²) in [5, 5.41) is 0. The van der Waals surface area contributed by atoms with Crippen LogP contribution in [0.25, 0.3) is 0 Å². The van der Waals surface area contributed by atoms with Gasteiger partial charge < -0.3 is 0 Å². The van der Waals surface area contributed by atoms with E-state index in [9.17, 15) is 0 Å². The first kappa shape index (κ1) is 20.7. The van der Waals surface area contributed by atoms with E-state index < -0.39 is 0 Å². The molecule has 0 heteroatoms. The Morgan fingerprint density at radius 2 is 1.33 bits per heavy atom. The van der Waals surface area contributed by atoms with Gasteiger partial charge in [0, 0.05) is 0 Å². The lowest BCUT2D eigenvalue weighted by Gasteiger charge is -2.23. The van der Waals surface area contributed by atoms with Crippen molar-refractivity contribution >= 4 is 0 Å². The minimum Gasteiger partial charge on any atom is -0.0917 e. The molecule has 0 aromatic rings. The van der Waals surface area contributed by atoms with Crippen LogP contribution in [0.4, 0.5) is 0 Å². The Balaban J connectivity index is 3.65. The van der Waals surface area contributed by atoms with Gasteiger partial charge in [-0.25, -0.2) is 0 Å². The van der Waals surface area contributed by atoms with E-state index in [0.717, 1.165) is 11.8 Å². The maximum Gasteiger partial charge on any atom is -0.0351 e. The zero-order valence-corrected chi connectivity index (χ0v) is 15.5. The van der Waals surface area contributed by atoms with Crippen LogP contribution >= 0.6 is 0 Å². The molecule has 2 unspecified atom stereocenters. The topological polar surface area (TPSA) is 0 Å². The van der Waals surface area contributed by atoms with Crippen LogP contribution < -0.4 is 0 Å². The Hall–Kier alpha value is -0.260. The third-order valence-corrected chi connectivity index (χ3v) is 5.06. The summed E-state index contributed by atoms with van der Waals surface area (Å²) in [7, 11) is 0. The van der Waals surface area contributed by atoms with Crippen LogP contribution in [0, 0.1) is 11.8 Å². The van der Waals surface area contributed by atoms with Gasteiger partial charge in [-0.15, -0.1) is 0 Å². The minimum atomic E-state index is 0.932. The monoisotopic (exact) mass is 294 g/mol. The third-order valence-electron chi connectivity index (χ3n) is 5.06. The minimum absolute atomic E-state index is 0.932.